The number of benzene rings is 4. The van der Waals surface area contributed by atoms with Crippen molar-refractivity contribution in [2.75, 3.05) is 0 Å². The molecule has 4 aromatic carbocycles. The Morgan fingerprint density at radius 3 is 1.28 bits per heavy atom. The topological polar surface area (TPSA) is 52.7 Å². The molecule has 5 nitrogen and oxygen atoms in total. The summed E-state index contributed by atoms with van der Waals surface area (Å²) in [5.41, 5.74) is 5.24. The normalized spacial score (nSPS) is 10.9. The minimum absolute atomic E-state index is 0.0223. The monoisotopic (exact) mass is 466 g/mol. The van der Waals surface area contributed by atoms with Gasteiger partial charge in [-0.2, -0.15) is 0 Å². The Morgan fingerprint density at radius 2 is 0.889 bits per heavy atom. The van der Waals surface area contributed by atoms with Crippen LogP contribution >= 0.6 is 0 Å². The SMILES string of the molecule is O=C(c1ccc(-c2nccn2-c2ccccc2)cc1)c1ccc(-c2nccn2-c2ccccc2)cc1. The highest BCUT2D eigenvalue weighted by Crippen LogP contribution is 2.25. The van der Waals surface area contributed by atoms with Crippen molar-refractivity contribution in [1.29, 1.82) is 0 Å². The van der Waals surface area contributed by atoms with E-state index in [1.807, 2.05) is 131 Å². The molecular weight excluding hydrogens is 444 g/mol. The van der Waals surface area contributed by atoms with Gasteiger partial charge < -0.3 is 0 Å². The molecule has 0 aliphatic carbocycles. The fourth-order valence-corrected chi connectivity index (χ4v) is 4.34. The van der Waals surface area contributed by atoms with Gasteiger partial charge in [-0.05, 0) is 24.3 Å². The summed E-state index contributed by atoms with van der Waals surface area (Å²) in [7, 11) is 0. The lowest BCUT2D eigenvalue weighted by Crippen LogP contribution is -2.02. The molecule has 0 fully saturated rings. The van der Waals surface area contributed by atoms with Gasteiger partial charge in [0.15, 0.2) is 5.78 Å². The average molecular weight is 467 g/mol. The van der Waals surface area contributed by atoms with Crippen LogP contribution in [0.25, 0.3) is 34.2 Å². The molecule has 0 amide bonds. The molecule has 0 saturated heterocycles. The smallest absolute Gasteiger partial charge is 0.193 e. The Bertz CT molecular complexity index is 1490. The molecule has 0 saturated carbocycles. The first-order valence-electron chi connectivity index (χ1n) is 11.7. The summed E-state index contributed by atoms with van der Waals surface area (Å²) in [4.78, 5) is 22.2. The average Bonchev–Trinajstić information content (AvgIpc) is 3.64. The zero-order valence-corrected chi connectivity index (χ0v) is 19.4. The molecule has 2 aromatic heterocycles. The number of nitrogens with zero attached hydrogens (tertiary/aromatic N) is 4. The van der Waals surface area contributed by atoms with Crippen LogP contribution in [-0.4, -0.2) is 24.9 Å². The Hall–Kier alpha value is -5.03. The van der Waals surface area contributed by atoms with Gasteiger partial charge in [0.2, 0.25) is 0 Å². The number of carbonyl (C=O) groups is 1. The summed E-state index contributed by atoms with van der Waals surface area (Å²) in [5.74, 6) is 1.64. The molecule has 0 radical (unpaired) electrons. The van der Waals surface area contributed by atoms with Crippen molar-refractivity contribution in [3.63, 3.8) is 0 Å². The van der Waals surface area contributed by atoms with E-state index in [9.17, 15) is 4.79 Å². The molecule has 0 bridgehead atoms. The Kier molecular flexibility index (Phi) is 5.56. The number of ketones is 1. The summed E-state index contributed by atoms with van der Waals surface area (Å²) in [6.45, 7) is 0. The molecular formula is C31H22N4O. The number of rotatable bonds is 6. The second-order valence-electron chi connectivity index (χ2n) is 8.40. The highest BCUT2D eigenvalue weighted by atomic mass is 16.1. The molecule has 0 N–H and O–H groups in total. The van der Waals surface area contributed by atoms with Crippen LogP contribution < -0.4 is 0 Å². The second-order valence-corrected chi connectivity index (χ2v) is 8.40. The number of hydrogen-bond donors (Lipinski definition) is 0. The molecule has 0 spiro atoms. The molecule has 36 heavy (non-hydrogen) atoms. The standard InChI is InChI=1S/C31H22N4O/c36-29(23-11-15-25(16-12-23)30-32-19-21-34(30)27-7-3-1-4-8-27)24-13-17-26(18-14-24)31-33-20-22-35(31)28-9-5-2-6-10-28/h1-22H. The van der Waals surface area contributed by atoms with Crippen LogP contribution in [-0.2, 0) is 0 Å². The van der Waals surface area contributed by atoms with E-state index in [2.05, 4.69) is 9.97 Å². The van der Waals surface area contributed by atoms with Gasteiger partial charge >= 0.3 is 0 Å². The lowest BCUT2D eigenvalue weighted by atomic mass is 10.0. The maximum atomic E-state index is 13.2. The first kappa shape index (κ1) is 21.5. The van der Waals surface area contributed by atoms with Crippen molar-refractivity contribution in [2.24, 2.45) is 0 Å². The predicted octanol–water partition coefficient (Wildman–Crippen LogP) is 6.62. The summed E-state index contributed by atoms with van der Waals surface area (Å²) < 4.78 is 4.07. The van der Waals surface area contributed by atoms with Crippen LogP contribution in [0.5, 0.6) is 0 Å². The Balaban J connectivity index is 1.24. The van der Waals surface area contributed by atoms with Crippen molar-refractivity contribution < 1.29 is 4.79 Å². The van der Waals surface area contributed by atoms with Crippen LogP contribution in [0.2, 0.25) is 0 Å². The third-order valence-corrected chi connectivity index (χ3v) is 6.16. The van der Waals surface area contributed by atoms with Gasteiger partial charge in [0, 0.05) is 58.4 Å². The fraction of sp³-hybridized carbons (Fsp3) is 0. The highest BCUT2D eigenvalue weighted by molar-refractivity contribution is 6.09. The van der Waals surface area contributed by atoms with E-state index in [0.717, 1.165) is 34.2 Å². The zero-order valence-electron chi connectivity index (χ0n) is 19.4. The van der Waals surface area contributed by atoms with Crippen LogP contribution in [0, 0.1) is 0 Å². The maximum Gasteiger partial charge on any atom is 0.193 e. The second kappa shape index (κ2) is 9.31. The van der Waals surface area contributed by atoms with Crippen molar-refractivity contribution in [2.45, 2.75) is 0 Å². The van der Waals surface area contributed by atoms with Crippen molar-refractivity contribution in [3.05, 3.63) is 145 Å². The molecule has 0 aliphatic heterocycles. The van der Waals surface area contributed by atoms with Gasteiger partial charge in [-0.25, -0.2) is 9.97 Å². The predicted molar refractivity (Wildman–Crippen MR) is 141 cm³/mol. The van der Waals surface area contributed by atoms with Crippen molar-refractivity contribution in [1.82, 2.24) is 19.1 Å². The fourth-order valence-electron chi connectivity index (χ4n) is 4.34. The number of para-hydroxylation sites is 2. The van der Waals surface area contributed by atoms with E-state index >= 15 is 0 Å². The molecule has 6 aromatic rings. The van der Waals surface area contributed by atoms with Gasteiger partial charge in [0.1, 0.15) is 11.6 Å². The van der Waals surface area contributed by atoms with Gasteiger partial charge in [-0.1, -0.05) is 84.9 Å². The van der Waals surface area contributed by atoms with E-state index in [1.165, 1.54) is 0 Å². The minimum atomic E-state index is -0.0223. The van der Waals surface area contributed by atoms with E-state index in [0.29, 0.717) is 11.1 Å². The Labute approximate surface area is 209 Å². The van der Waals surface area contributed by atoms with Crippen molar-refractivity contribution >= 4 is 5.78 Å². The highest BCUT2D eigenvalue weighted by Gasteiger charge is 2.13. The number of imidazole rings is 2. The van der Waals surface area contributed by atoms with E-state index in [-0.39, 0.29) is 5.78 Å². The van der Waals surface area contributed by atoms with Crippen LogP contribution in [0.15, 0.2) is 134 Å². The third kappa shape index (κ3) is 4.03. The molecule has 5 heteroatoms. The minimum Gasteiger partial charge on any atom is -0.300 e. The largest absolute Gasteiger partial charge is 0.300 e. The number of aromatic nitrogens is 4. The molecule has 6 rings (SSSR count). The molecule has 0 unspecified atom stereocenters. The number of carbonyl (C=O) groups excluding carboxylic acids is 1. The van der Waals surface area contributed by atoms with E-state index in [4.69, 9.17) is 0 Å². The first-order valence-corrected chi connectivity index (χ1v) is 11.7. The van der Waals surface area contributed by atoms with Gasteiger partial charge in [-0.15, -0.1) is 0 Å². The van der Waals surface area contributed by atoms with E-state index in [1.54, 1.807) is 12.4 Å². The molecule has 0 aliphatic rings. The van der Waals surface area contributed by atoms with Gasteiger partial charge in [-0.3, -0.25) is 13.9 Å². The zero-order chi connectivity index (χ0) is 24.3. The van der Waals surface area contributed by atoms with Gasteiger partial charge in [0.25, 0.3) is 0 Å². The maximum absolute atomic E-state index is 13.2. The Morgan fingerprint density at radius 1 is 0.500 bits per heavy atom. The summed E-state index contributed by atoms with van der Waals surface area (Å²) in [6.07, 6.45) is 7.45. The molecule has 172 valence electrons. The lowest BCUT2D eigenvalue weighted by Gasteiger charge is -2.09. The summed E-state index contributed by atoms with van der Waals surface area (Å²) in [5, 5.41) is 0. The van der Waals surface area contributed by atoms with Crippen molar-refractivity contribution in [3.8, 4) is 34.2 Å². The molecule has 2 heterocycles. The lowest BCUT2D eigenvalue weighted by molar-refractivity contribution is 0.103. The quantitative estimate of drug-likeness (QED) is 0.259. The van der Waals surface area contributed by atoms with Gasteiger partial charge in [0.05, 0.1) is 0 Å². The molecule has 0 atom stereocenters. The summed E-state index contributed by atoms with van der Waals surface area (Å²) in [6, 6.07) is 35.4. The van der Waals surface area contributed by atoms with Crippen LogP contribution in [0.1, 0.15) is 15.9 Å². The van der Waals surface area contributed by atoms with Crippen LogP contribution in [0.3, 0.4) is 0 Å². The third-order valence-electron chi connectivity index (χ3n) is 6.16. The van der Waals surface area contributed by atoms with Crippen LogP contribution in [0.4, 0.5) is 0 Å². The van der Waals surface area contributed by atoms with E-state index < -0.39 is 0 Å². The number of hydrogen-bond acceptors (Lipinski definition) is 3. The summed E-state index contributed by atoms with van der Waals surface area (Å²) >= 11 is 0. The first-order chi connectivity index (χ1) is 17.8.